The fraction of sp³-hybridized carbons (Fsp3) is 0.500. The number of carbonyl (C=O) groups excluding carboxylic acids is 1. The van der Waals surface area contributed by atoms with Crippen molar-refractivity contribution in [2.75, 3.05) is 7.11 Å². The topological polar surface area (TPSA) is 52.3 Å². The SMILES string of the molecule is C#C[C@@H](N)CC(=O)OC. The number of ether oxygens (including phenoxy) is 1. The van der Waals surface area contributed by atoms with Gasteiger partial charge in [-0.15, -0.1) is 6.42 Å². The first-order valence-electron chi connectivity index (χ1n) is 2.49. The molecule has 2 N–H and O–H groups in total. The Balaban J connectivity index is 3.50. The molecule has 0 radical (unpaired) electrons. The lowest BCUT2D eigenvalue weighted by atomic mass is 10.2. The van der Waals surface area contributed by atoms with Crippen molar-refractivity contribution in [3.63, 3.8) is 0 Å². The predicted molar refractivity (Wildman–Crippen MR) is 33.4 cm³/mol. The van der Waals surface area contributed by atoms with Crippen LogP contribution in [0, 0.1) is 12.3 Å². The number of hydrogen-bond donors (Lipinski definition) is 1. The summed E-state index contributed by atoms with van der Waals surface area (Å²) >= 11 is 0. The Morgan fingerprint density at radius 1 is 2.00 bits per heavy atom. The lowest BCUT2D eigenvalue weighted by Gasteiger charge is -1.99. The highest BCUT2D eigenvalue weighted by Gasteiger charge is 2.04. The van der Waals surface area contributed by atoms with Crippen molar-refractivity contribution in [2.45, 2.75) is 12.5 Å². The lowest BCUT2D eigenvalue weighted by molar-refractivity contribution is -0.140. The summed E-state index contributed by atoms with van der Waals surface area (Å²) in [5.74, 6) is 1.83. The third-order valence-corrected chi connectivity index (χ3v) is 0.828. The van der Waals surface area contributed by atoms with Crippen molar-refractivity contribution in [1.29, 1.82) is 0 Å². The van der Waals surface area contributed by atoms with Gasteiger partial charge in [0.15, 0.2) is 0 Å². The smallest absolute Gasteiger partial charge is 0.308 e. The van der Waals surface area contributed by atoms with E-state index in [0.717, 1.165) is 0 Å². The maximum Gasteiger partial charge on any atom is 0.308 e. The van der Waals surface area contributed by atoms with Gasteiger partial charge in [0.25, 0.3) is 0 Å². The molecule has 0 unspecified atom stereocenters. The molecule has 1 atom stereocenters. The van der Waals surface area contributed by atoms with E-state index in [4.69, 9.17) is 12.2 Å². The van der Waals surface area contributed by atoms with E-state index in [1.807, 2.05) is 0 Å². The van der Waals surface area contributed by atoms with Crippen LogP contribution in [0.3, 0.4) is 0 Å². The molecule has 0 aliphatic rings. The van der Waals surface area contributed by atoms with Gasteiger partial charge in [-0.1, -0.05) is 5.92 Å². The highest BCUT2D eigenvalue weighted by Crippen LogP contribution is 1.87. The van der Waals surface area contributed by atoms with Crippen molar-refractivity contribution in [2.24, 2.45) is 5.73 Å². The van der Waals surface area contributed by atoms with Crippen LogP contribution < -0.4 is 5.73 Å². The summed E-state index contributed by atoms with van der Waals surface area (Å²) in [6, 6.07) is -0.516. The van der Waals surface area contributed by atoms with Crippen LogP contribution in [0.4, 0.5) is 0 Å². The molecule has 0 amide bonds. The van der Waals surface area contributed by atoms with Gasteiger partial charge >= 0.3 is 5.97 Å². The first-order valence-corrected chi connectivity index (χ1v) is 2.49. The molecule has 0 spiro atoms. The Labute approximate surface area is 54.2 Å². The van der Waals surface area contributed by atoms with E-state index < -0.39 is 6.04 Å². The van der Waals surface area contributed by atoms with E-state index in [2.05, 4.69) is 10.7 Å². The van der Waals surface area contributed by atoms with E-state index in [1.54, 1.807) is 0 Å². The number of terminal acetylenes is 1. The highest BCUT2D eigenvalue weighted by molar-refractivity contribution is 5.70. The second kappa shape index (κ2) is 3.93. The molecule has 0 rings (SSSR count). The molecular weight excluding hydrogens is 118 g/mol. The first-order chi connectivity index (χ1) is 4.20. The molecular formula is C6H9NO2. The number of esters is 1. The summed E-state index contributed by atoms with van der Waals surface area (Å²) in [5, 5.41) is 0. The fourth-order valence-electron chi connectivity index (χ4n) is 0.322. The van der Waals surface area contributed by atoms with Crippen LogP contribution in [0.25, 0.3) is 0 Å². The van der Waals surface area contributed by atoms with Crippen LogP contribution in [0.5, 0.6) is 0 Å². The van der Waals surface area contributed by atoms with E-state index in [9.17, 15) is 4.79 Å². The summed E-state index contributed by atoms with van der Waals surface area (Å²) in [6.45, 7) is 0. The Morgan fingerprint density at radius 2 is 2.56 bits per heavy atom. The molecule has 0 saturated heterocycles. The molecule has 0 heterocycles. The summed E-state index contributed by atoms with van der Waals surface area (Å²) in [6.07, 6.45) is 4.98. The third-order valence-electron chi connectivity index (χ3n) is 0.828. The van der Waals surface area contributed by atoms with Crippen molar-refractivity contribution in [1.82, 2.24) is 0 Å². The van der Waals surface area contributed by atoms with E-state index in [-0.39, 0.29) is 12.4 Å². The number of nitrogens with two attached hydrogens (primary N) is 1. The molecule has 0 aromatic carbocycles. The minimum absolute atomic E-state index is 0.0903. The Bertz CT molecular complexity index is 136. The third kappa shape index (κ3) is 3.56. The zero-order chi connectivity index (χ0) is 7.28. The van der Waals surface area contributed by atoms with Crippen LogP contribution in [0.1, 0.15) is 6.42 Å². The molecule has 0 bridgehead atoms. The second-order valence-electron chi connectivity index (χ2n) is 1.55. The molecule has 0 aliphatic carbocycles. The molecule has 9 heavy (non-hydrogen) atoms. The van der Waals surface area contributed by atoms with Crippen molar-refractivity contribution < 1.29 is 9.53 Å². The van der Waals surface area contributed by atoms with Gasteiger partial charge in [-0.25, -0.2) is 0 Å². The van der Waals surface area contributed by atoms with Gasteiger partial charge < -0.3 is 10.5 Å². The van der Waals surface area contributed by atoms with Gasteiger partial charge in [-0.2, -0.15) is 0 Å². The van der Waals surface area contributed by atoms with Gasteiger partial charge in [0.05, 0.1) is 19.6 Å². The Morgan fingerprint density at radius 3 is 2.89 bits per heavy atom. The van der Waals surface area contributed by atoms with Crippen molar-refractivity contribution >= 4 is 5.97 Å². The number of methoxy groups -OCH3 is 1. The van der Waals surface area contributed by atoms with Gasteiger partial charge in [0.1, 0.15) is 0 Å². The number of hydrogen-bond acceptors (Lipinski definition) is 3. The van der Waals surface area contributed by atoms with Gasteiger partial charge in [-0.3, -0.25) is 4.79 Å². The first kappa shape index (κ1) is 7.99. The van der Waals surface area contributed by atoms with Crippen molar-refractivity contribution in [3.05, 3.63) is 0 Å². The minimum atomic E-state index is -0.516. The van der Waals surface area contributed by atoms with Crippen LogP contribution in [-0.2, 0) is 9.53 Å². The average molecular weight is 127 g/mol. The zero-order valence-corrected chi connectivity index (χ0v) is 5.26. The van der Waals surface area contributed by atoms with Crippen molar-refractivity contribution in [3.8, 4) is 12.3 Å². The Hall–Kier alpha value is -1.01. The maximum absolute atomic E-state index is 10.4. The average Bonchev–Trinajstić information content (AvgIpc) is 1.87. The van der Waals surface area contributed by atoms with Gasteiger partial charge in [0, 0.05) is 0 Å². The fourth-order valence-corrected chi connectivity index (χ4v) is 0.322. The molecule has 0 aromatic heterocycles. The maximum atomic E-state index is 10.4. The monoisotopic (exact) mass is 127 g/mol. The van der Waals surface area contributed by atoms with Gasteiger partial charge in [0.2, 0.25) is 0 Å². The standard InChI is InChI=1S/C6H9NO2/c1-3-5(7)4-6(8)9-2/h1,5H,4,7H2,2H3/t5-/m1/s1. The molecule has 50 valence electrons. The molecule has 0 aromatic rings. The van der Waals surface area contributed by atoms with E-state index in [0.29, 0.717) is 0 Å². The molecule has 0 saturated carbocycles. The molecule has 0 fully saturated rings. The molecule has 0 aliphatic heterocycles. The zero-order valence-electron chi connectivity index (χ0n) is 5.26. The quantitative estimate of drug-likeness (QED) is 0.402. The normalized spacial score (nSPS) is 11.7. The van der Waals surface area contributed by atoms with E-state index >= 15 is 0 Å². The van der Waals surface area contributed by atoms with Gasteiger partial charge in [-0.05, 0) is 0 Å². The summed E-state index contributed by atoms with van der Waals surface area (Å²) < 4.78 is 4.31. The largest absolute Gasteiger partial charge is 0.469 e. The highest BCUT2D eigenvalue weighted by atomic mass is 16.5. The summed E-state index contributed by atoms with van der Waals surface area (Å²) in [7, 11) is 1.30. The summed E-state index contributed by atoms with van der Waals surface area (Å²) in [5.41, 5.74) is 5.21. The Kier molecular flexibility index (Phi) is 3.49. The predicted octanol–water partition coefficient (Wildman–Crippen LogP) is -0.490. The number of carbonyl (C=O) groups is 1. The number of rotatable bonds is 2. The summed E-state index contributed by atoms with van der Waals surface area (Å²) in [4.78, 5) is 10.4. The minimum Gasteiger partial charge on any atom is -0.469 e. The second-order valence-corrected chi connectivity index (χ2v) is 1.55. The van der Waals surface area contributed by atoms with Crippen LogP contribution in [0.15, 0.2) is 0 Å². The van der Waals surface area contributed by atoms with Crippen LogP contribution >= 0.6 is 0 Å². The van der Waals surface area contributed by atoms with E-state index in [1.165, 1.54) is 7.11 Å². The molecule has 3 nitrogen and oxygen atoms in total. The molecule has 3 heteroatoms. The van der Waals surface area contributed by atoms with Crippen LogP contribution in [0.2, 0.25) is 0 Å². The lowest BCUT2D eigenvalue weighted by Crippen LogP contribution is -2.22. The van der Waals surface area contributed by atoms with Crippen LogP contribution in [-0.4, -0.2) is 19.1 Å².